The summed E-state index contributed by atoms with van der Waals surface area (Å²) in [5, 5.41) is 9.37. The van der Waals surface area contributed by atoms with E-state index in [9.17, 15) is 18.3 Å². The monoisotopic (exact) mass is 333 g/mol. The predicted molar refractivity (Wildman–Crippen MR) is 76.9 cm³/mol. The Labute approximate surface area is 128 Å². The summed E-state index contributed by atoms with van der Waals surface area (Å²) in [5.41, 5.74) is 0.823. The van der Waals surface area contributed by atoms with Gasteiger partial charge in [-0.2, -0.15) is 4.31 Å². The van der Waals surface area contributed by atoms with E-state index in [1.807, 2.05) is 0 Å². The molecule has 0 bridgehead atoms. The highest BCUT2D eigenvalue weighted by Crippen LogP contribution is 2.29. The molecule has 1 fully saturated rings. The van der Waals surface area contributed by atoms with E-state index in [2.05, 4.69) is 0 Å². The number of nitrogens with zero attached hydrogens (tertiary/aromatic N) is 1. The lowest BCUT2D eigenvalue weighted by molar-refractivity contribution is -0.150. The van der Waals surface area contributed by atoms with Crippen LogP contribution in [0, 0.1) is 6.92 Å². The molecule has 2 rings (SSSR count). The van der Waals surface area contributed by atoms with Crippen molar-refractivity contribution in [3.63, 3.8) is 0 Å². The van der Waals surface area contributed by atoms with Crippen molar-refractivity contribution < 1.29 is 23.1 Å². The lowest BCUT2D eigenvalue weighted by Gasteiger charge is -2.36. The molecule has 116 valence electrons. The minimum Gasteiger partial charge on any atom is -0.480 e. The fourth-order valence-electron chi connectivity index (χ4n) is 2.33. The molecule has 0 spiro atoms. The van der Waals surface area contributed by atoms with E-state index in [4.69, 9.17) is 16.3 Å². The standard InChI is InChI=1S/C13H16ClNO5S/c1-8-3-4-11(10(14)7-8)21(18,19)15-5-6-20-9(2)12(15)13(16)17/h3-4,7,9,12H,5-6H2,1-2H3,(H,16,17)/t9-,12+/m1/s1. The van der Waals surface area contributed by atoms with E-state index in [1.165, 1.54) is 19.1 Å². The van der Waals surface area contributed by atoms with Crippen LogP contribution in [-0.4, -0.2) is 49.1 Å². The van der Waals surface area contributed by atoms with E-state index >= 15 is 0 Å². The van der Waals surface area contributed by atoms with E-state index in [0.29, 0.717) is 0 Å². The van der Waals surface area contributed by atoms with Crippen LogP contribution in [-0.2, 0) is 19.6 Å². The van der Waals surface area contributed by atoms with Crippen molar-refractivity contribution in [3.05, 3.63) is 28.8 Å². The van der Waals surface area contributed by atoms with Gasteiger partial charge in [0.1, 0.15) is 10.9 Å². The van der Waals surface area contributed by atoms with Crippen LogP contribution < -0.4 is 0 Å². The van der Waals surface area contributed by atoms with Crippen LogP contribution in [0.4, 0.5) is 0 Å². The molecule has 0 saturated carbocycles. The molecule has 0 amide bonds. The Morgan fingerprint density at radius 3 is 2.71 bits per heavy atom. The van der Waals surface area contributed by atoms with Crippen LogP contribution in [0.3, 0.4) is 0 Å². The van der Waals surface area contributed by atoms with Gasteiger partial charge in [-0.25, -0.2) is 8.42 Å². The maximum atomic E-state index is 12.7. The van der Waals surface area contributed by atoms with Crippen molar-refractivity contribution >= 4 is 27.6 Å². The zero-order chi connectivity index (χ0) is 15.8. The number of aliphatic carboxylic acids is 1. The lowest BCUT2D eigenvalue weighted by atomic mass is 10.1. The van der Waals surface area contributed by atoms with Gasteiger partial charge in [-0.3, -0.25) is 4.79 Å². The van der Waals surface area contributed by atoms with Crippen LogP contribution in [0.15, 0.2) is 23.1 Å². The minimum absolute atomic E-state index is 0.0200. The topological polar surface area (TPSA) is 83.9 Å². The predicted octanol–water partition coefficient (Wildman–Crippen LogP) is 1.51. The summed E-state index contributed by atoms with van der Waals surface area (Å²) >= 11 is 6.01. The fourth-order valence-corrected chi connectivity index (χ4v) is 4.53. The third-order valence-corrected chi connectivity index (χ3v) is 5.74. The average Bonchev–Trinajstić information content (AvgIpc) is 2.37. The minimum atomic E-state index is -4.00. The number of benzene rings is 1. The van der Waals surface area contributed by atoms with Crippen molar-refractivity contribution in [1.29, 1.82) is 0 Å². The molecule has 1 saturated heterocycles. The van der Waals surface area contributed by atoms with Crippen LogP contribution >= 0.6 is 11.6 Å². The Balaban J connectivity index is 2.48. The van der Waals surface area contributed by atoms with Crippen molar-refractivity contribution in [2.75, 3.05) is 13.2 Å². The van der Waals surface area contributed by atoms with Gasteiger partial charge in [0, 0.05) is 6.54 Å². The molecule has 1 aromatic rings. The van der Waals surface area contributed by atoms with Crippen LogP contribution in [0.1, 0.15) is 12.5 Å². The first-order valence-corrected chi connectivity index (χ1v) is 8.19. The number of aryl methyl sites for hydroxylation is 1. The SMILES string of the molecule is Cc1ccc(S(=O)(=O)N2CCO[C@H](C)[C@H]2C(=O)O)c(Cl)c1. The number of hydrogen-bond donors (Lipinski definition) is 1. The molecule has 1 aromatic carbocycles. The number of carbonyl (C=O) groups is 1. The first-order valence-electron chi connectivity index (χ1n) is 6.37. The second-order valence-electron chi connectivity index (χ2n) is 4.91. The zero-order valence-corrected chi connectivity index (χ0v) is 13.2. The van der Waals surface area contributed by atoms with Gasteiger partial charge in [-0.05, 0) is 31.5 Å². The highest BCUT2D eigenvalue weighted by atomic mass is 35.5. The van der Waals surface area contributed by atoms with Crippen molar-refractivity contribution in [2.24, 2.45) is 0 Å². The largest absolute Gasteiger partial charge is 0.480 e. The summed E-state index contributed by atoms with van der Waals surface area (Å²) < 4.78 is 31.6. The van der Waals surface area contributed by atoms with Crippen molar-refractivity contribution in [3.8, 4) is 0 Å². The Morgan fingerprint density at radius 1 is 1.48 bits per heavy atom. The van der Waals surface area contributed by atoms with Crippen molar-refractivity contribution in [2.45, 2.75) is 30.9 Å². The molecule has 1 heterocycles. The Hall–Kier alpha value is -1.15. The molecule has 1 N–H and O–H groups in total. The molecule has 0 radical (unpaired) electrons. The van der Waals surface area contributed by atoms with Crippen LogP contribution in [0.5, 0.6) is 0 Å². The Kier molecular flexibility index (Phi) is 4.57. The summed E-state index contributed by atoms with van der Waals surface area (Å²) in [6.07, 6.45) is -0.727. The van der Waals surface area contributed by atoms with Gasteiger partial charge >= 0.3 is 5.97 Å². The quantitative estimate of drug-likeness (QED) is 0.906. The molecule has 2 atom stereocenters. The van der Waals surface area contributed by atoms with E-state index in [0.717, 1.165) is 9.87 Å². The fraction of sp³-hybridized carbons (Fsp3) is 0.462. The third-order valence-electron chi connectivity index (χ3n) is 3.37. The second-order valence-corrected chi connectivity index (χ2v) is 7.17. The number of carboxylic acid groups (broad SMARTS) is 1. The molecule has 6 nitrogen and oxygen atoms in total. The highest BCUT2D eigenvalue weighted by molar-refractivity contribution is 7.89. The summed E-state index contributed by atoms with van der Waals surface area (Å²) in [6, 6.07) is 3.29. The number of rotatable bonds is 3. The van der Waals surface area contributed by atoms with E-state index in [1.54, 1.807) is 13.0 Å². The smallest absolute Gasteiger partial charge is 0.324 e. The zero-order valence-electron chi connectivity index (χ0n) is 11.6. The number of carboxylic acids is 1. The summed E-state index contributed by atoms with van der Waals surface area (Å²) in [5.74, 6) is -1.24. The maximum absolute atomic E-state index is 12.7. The van der Waals surface area contributed by atoms with Gasteiger partial charge < -0.3 is 9.84 Å². The van der Waals surface area contributed by atoms with Gasteiger partial charge in [0.25, 0.3) is 0 Å². The average molecular weight is 334 g/mol. The van der Waals surface area contributed by atoms with Crippen molar-refractivity contribution in [1.82, 2.24) is 4.31 Å². The van der Waals surface area contributed by atoms with E-state index < -0.39 is 28.1 Å². The molecule has 0 aliphatic carbocycles. The molecular formula is C13H16ClNO5S. The molecule has 0 aromatic heterocycles. The highest BCUT2D eigenvalue weighted by Gasteiger charge is 2.43. The van der Waals surface area contributed by atoms with Gasteiger partial charge in [-0.1, -0.05) is 17.7 Å². The number of morpholine rings is 1. The second kappa shape index (κ2) is 5.92. The summed E-state index contributed by atoms with van der Waals surface area (Å²) in [4.78, 5) is 11.3. The first-order chi connectivity index (χ1) is 9.75. The first kappa shape index (κ1) is 16.2. The molecule has 21 heavy (non-hydrogen) atoms. The number of ether oxygens (including phenoxy) is 1. The van der Waals surface area contributed by atoms with E-state index in [-0.39, 0.29) is 23.1 Å². The van der Waals surface area contributed by atoms with Gasteiger partial charge in [0.2, 0.25) is 10.0 Å². The lowest BCUT2D eigenvalue weighted by Crippen LogP contribution is -2.56. The van der Waals surface area contributed by atoms with Gasteiger partial charge in [0.05, 0.1) is 17.7 Å². The summed E-state index contributed by atoms with van der Waals surface area (Å²) in [6.45, 7) is 3.46. The summed E-state index contributed by atoms with van der Waals surface area (Å²) in [7, 11) is -4.00. The Bertz CT molecular complexity index is 661. The molecule has 1 aliphatic rings. The van der Waals surface area contributed by atoms with Gasteiger partial charge in [-0.15, -0.1) is 0 Å². The normalized spacial score (nSPS) is 24.0. The maximum Gasteiger partial charge on any atom is 0.324 e. The van der Waals surface area contributed by atoms with Crippen LogP contribution in [0.2, 0.25) is 5.02 Å². The number of halogens is 1. The molecular weight excluding hydrogens is 318 g/mol. The van der Waals surface area contributed by atoms with Crippen LogP contribution in [0.25, 0.3) is 0 Å². The number of hydrogen-bond acceptors (Lipinski definition) is 4. The molecule has 0 unspecified atom stereocenters. The molecule has 1 aliphatic heterocycles. The number of sulfonamides is 1. The Morgan fingerprint density at radius 2 is 2.14 bits per heavy atom. The molecule has 8 heteroatoms. The van der Waals surface area contributed by atoms with Gasteiger partial charge in [0.15, 0.2) is 0 Å². The third kappa shape index (κ3) is 3.06.